The molecule has 0 aromatic carbocycles. The Morgan fingerprint density at radius 2 is 2.08 bits per heavy atom. The van der Waals surface area contributed by atoms with Crippen LogP contribution in [0.2, 0.25) is 0 Å². The standard InChI is InChI=1S/C16H24N6O4/c17-14-13(20-26-21-14)15-18-16(25-22-15)11(9-12(23)19-24)8-4-7-10-5-2-1-3-6-10/h10-11,24H,1-9H2,(H2,17,21)(H,19,23)/t11-/m0/s1. The maximum atomic E-state index is 11.6. The summed E-state index contributed by atoms with van der Waals surface area (Å²) in [5.41, 5.74) is 7.50. The van der Waals surface area contributed by atoms with Crippen LogP contribution in [-0.4, -0.2) is 31.6 Å². The van der Waals surface area contributed by atoms with Crippen LogP contribution in [0.5, 0.6) is 0 Å². The zero-order valence-corrected chi connectivity index (χ0v) is 14.6. The van der Waals surface area contributed by atoms with Crippen LogP contribution in [0, 0.1) is 5.92 Å². The lowest BCUT2D eigenvalue weighted by molar-refractivity contribution is -0.129. The van der Waals surface area contributed by atoms with Crippen molar-refractivity contribution in [2.75, 3.05) is 5.73 Å². The summed E-state index contributed by atoms with van der Waals surface area (Å²) in [5.74, 6) is 0.535. The van der Waals surface area contributed by atoms with E-state index in [9.17, 15) is 4.79 Å². The first-order chi connectivity index (χ1) is 12.7. The molecule has 2 aromatic heterocycles. The fourth-order valence-corrected chi connectivity index (χ4v) is 3.56. The fraction of sp³-hybridized carbons (Fsp3) is 0.688. The molecule has 2 heterocycles. The van der Waals surface area contributed by atoms with E-state index >= 15 is 0 Å². The molecule has 1 saturated carbocycles. The number of nitrogen functional groups attached to an aromatic ring is 1. The molecule has 1 atom stereocenters. The molecule has 1 amide bonds. The molecule has 3 rings (SSSR count). The number of hydrogen-bond acceptors (Lipinski definition) is 9. The molecule has 0 saturated heterocycles. The van der Waals surface area contributed by atoms with E-state index in [2.05, 4.69) is 25.1 Å². The minimum Gasteiger partial charge on any atom is -0.379 e. The number of hydrogen-bond donors (Lipinski definition) is 3. The van der Waals surface area contributed by atoms with Gasteiger partial charge in [-0.2, -0.15) is 4.98 Å². The first-order valence-corrected chi connectivity index (χ1v) is 9.02. The molecule has 10 heteroatoms. The third kappa shape index (κ3) is 4.57. The molecule has 0 radical (unpaired) electrons. The number of nitrogens with one attached hydrogen (secondary N) is 1. The fourth-order valence-electron chi connectivity index (χ4n) is 3.56. The summed E-state index contributed by atoms with van der Waals surface area (Å²) in [4.78, 5) is 15.9. The van der Waals surface area contributed by atoms with E-state index in [1.165, 1.54) is 32.1 Å². The van der Waals surface area contributed by atoms with Gasteiger partial charge in [-0.3, -0.25) is 10.0 Å². The van der Waals surface area contributed by atoms with Crippen molar-refractivity contribution in [3.63, 3.8) is 0 Å². The van der Waals surface area contributed by atoms with E-state index in [0.717, 1.165) is 25.2 Å². The Hall–Kier alpha value is -2.49. The minimum absolute atomic E-state index is 0.0648. The van der Waals surface area contributed by atoms with Crippen LogP contribution in [0.1, 0.15) is 69.6 Å². The predicted molar refractivity (Wildman–Crippen MR) is 89.7 cm³/mol. The Kier molecular flexibility index (Phi) is 6.16. The Balaban J connectivity index is 1.64. The predicted octanol–water partition coefficient (Wildman–Crippen LogP) is 2.43. The molecular weight excluding hydrogens is 340 g/mol. The van der Waals surface area contributed by atoms with Crippen LogP contribution in [0.25, 0.3) is 11.5 Å². The number of nitrogens with two attached hydrogens (primary N) is 1. The summed E-state index contributed by atoms with van der Waals surface area (Å²) in [7, 11) is 0. The highest BCUT2D eigenvalue weighted by atomic mass is 16.6. The smallest absolute Gasteiger partial charge is 0.244 e. The van der Waals surface area contributed by atoms with E-state index < -0.39 is 5.91 Å². The monoisotopic (exact) mass is 364 g/mol. The molecule has 2 aromatic rings. The van der Waals surface area contributed by atoms with Crippen molar-refractivity contribution in [2.24, 2.45) is 5.92 Å². The molecule has 26 heavy (non-hydrogen) atoms. The Morgan fingerprint density at radius 3 is 2.77 bits per heavy atom. The van der Waals surface area contributed by atoms with Gasteiger partial charge in [0.25, 0.3) is 0 Å². The van der Waals surface area contributed by atoms with Gasteiger partial charge < -0.3 is 10.3 Å². The first-order valence-electron chi connectivity index (χ1n) is 9.02. The van der Waals surface area contributed by atoms with Crippen molar-refractivity contribution in [3.05, 3.63) is 5.89 Å². The average molecular weight is 364 g/mol. The highest BCUT2D eigenvalue weighted by Crippen LogP contribution is 2.31. The van der Waals surface area contributed by atoms with Gasteiger partial charge in [0.1, 0.15) is 0 Å². The van der Waals surface area contributed by atoms with Crippen LogP contribution in [-0.2, 0) is 4.79 Å². The second-order valence-corrected chi connectivity index (χ2v) is 6.83. The zero-order valence-electron chi connectivity index (χ0n) is 14.6. The van der Waals surface area contributed by atoms with Crippen molar-refractivity contribution in [1.29, 1.82) is 0 Å². The Bertz CT molecular complexity index is 709. The second kappa shape index (κ2) is 8.75. The van der Waals surface area contributed by atoms with Gasteiger partial charge in [-0.1, -0.05) is 50.1 Å². The van der Waals surface area contributed by atoms with Crippen molar-refractivity contribution < 1.29 is 19.2 Å². The van der Waals surface area contributed by atoms with Crippen molar-refractivity contribution >= 4 is 11.7 Å². The number of anilines is 1. The molecule has 0 unspecified atom stereocenters. The van der Waals surface area contributed by atoms with E-state index in [4.69, 9.17) is 15.5 Å². The van der Waals surface area contributed by atoms with Crippen molar-refractivity contribution in [2.45, 2.75) is 63.7 Å². The molecule has 1 fully saturated rings. The van der Waals surface area contributed by atoms with Crippen molar-refractivity contribution in [1.82, 2.24) is 25.9 Å². The highest BCUT2D eigenvalue weighted by molar-refractivity contribution is 5.75. The lowest BCUT2D eigenvalue weighted by atomic mass is 9.84. The molecule has 10 nitrogen and oxygen atoms in total. The van der Waals surface area contributed by atoms with E-state index in [0.29, 0.717) is 5.89 Å². The number of nitrogens with zero attached hydrogens (tertiary/aromatic N) is 4. The maximum absolute atomic E-state index is 11.6. The van der Waals surface area contributed by atoms with Crippen LogP contribution in [0.3, 0.4) is 0 Å². The minimum atomic E-state index is -0.491. The summed E-state index contributed by atoms with van der Waals surface area (Å²) in [6.07, 6.45) is 9.38. The molecule has 0 spiro atoms. The number of aromatic nitrogens is 4. The molecule has 0 bridgehead atoms. The van der Waals surface area contributed by atoms with Gasteiger partial charge in [-0.25, -0.2) is 10.1 Å². The third-order valence-electron chi connectivity index (χ3n) is 4.96. The number of amides is 1. The third-order valence-corrected chi connectivity index (χ3v) is 4.96. The van der Waals surface area contributed by atoms with Gasteiger partial charge in [-0.05, 0) is 22.7 Å². The maximum Gasteiger partial charge on any atom is 0.244 e. The summed E-state index contributed by atoms with van der Waals surface area (Å²) in [6, 6.07) is 0. The molecule has 1 aliphatic carbocycles. The van der Waals surface area contributed by atoms with Gasteiger partial charge in [0.15, 0.2) is 11.5 Å². The highest BCUT2D eigenvalue weighted by Gasteiger charge is 2.25. The van der Waals surface area contributed by atoms with Crippen LogP contribution >= 0.6 is 0 Å². The van der Waals surface area contributed by atoms with Crippen LogP contribution in [0.15, 0.2) is 9.15 Å². The number of hydroxylamine groups is 1. The first kappa shape index (κ1) is 18.3. The SMILES string of the molecule is Nc1nonc1-c1noc([C@@H](CCCC2CCCCC2)CC(=O)NO)n1. The van der Waals surface area contributed by atoms with E-state index in [1.54, 1.807) is 5.48 Å². The number of rotatable bonds is 8. The lowest BCUT2D eigenvalue weighted by Gasteiger charge is -2.22. The normalized spacial score (nSPS) is 16.5. The topological polar surface area (TPSA) is 153 Å². The quantitative estimate of drug-likeness (QED) is 0.473. The molecule has 4 N–H and O–H groups in total. The van der Waals surface area contributed by atoms with Crippen LogP contribution in [0.4, 0.5) is 5.82 Å². The molecule has 142 valence electrons. The van der Waals surface area contributed by atoms with Gasteiger partial charge in [0.2, 0.25) is 17.6 Å². The van der Waals surface area contributed by atoms with Gasteiger partial charge in [0, 0.05) is 12.3 Å². The van der Waals surface area contributed by atoms with Crippen molar-refractivity contribution in [3.8, 4) is 11.5 Å². The molecule has 1 aliphatic rings. The van der Waals surface area contributed by atoms with Gasteiger partial charge in [0.05, 0.1) is 0 Å². The van der Waals surface area contributed by atoms with E-state index in [-0.39, 0.29) is 29.7 Å². The van der Waals surface area contributed by atoms with Crippen LogP contribution < -0.4 is 11.2 Å². The number of carbonyl (C=O) groups is 1. The molecular formula is C16H24N6O4. The van der Waals surface area contributed by atoms with E-state index in [1.807, 2.05) is 0 Å². The summed E-state index contributed by atoms with van der Waals surface area (Å²) >= 11 is 0. The zero-order chi connectivity index (χ0) is 18.4. The summed E-state index contributed by atoms with van der Waals surface area (Å²) in [6.45, 7) is 0. The Morgan fingerprint density at radius 1 is 1.27 bits per heavy atom. The second-order valence-electron chi connectivity index (χ2n) is 6.83. The summed E-state index contributed by atoms with van der Waals surface area (Å²) < 4.78 is 9.85. The Labute approximate surface area is 150 Å². The van der Waals surface area contributed by atoms with Gasteiger partial charge in [-0.15, -0.1) is 0 Å². The summed E-state index contributed by atoms with van der Waals surface area (Å²) in [5, 5.41) is 19.8. The average Bonchev–Trinajstić information content (AvgIpc) is 3.30. The molecule has 0 aliphatic heterocycles. The largest absolute Gasteiger partial charge is 0.379 e. The lowest BCUT2D eigenvalue weighted by Crippen LogP contribution is -2.21. The van der Waals surface area contributed by atoms with Gasteiger partial charge >= 0.3 is 0 Å². The number of carbonyl (C=O) groups excluding carboxylic acids is 1.